The highest BCUT2D eigenvalue weighted by Crippen LogP contribution is 2.36. The van der Waals surface area contributed by atoms with Gasteiger partial charge in [0.1, 0.15) is 6.17 Å². The van der Waals surface area contributed by atoms with Crippen LogP contribution in [-0.2, 0) is 4.79 Å². The molecule has 0 aliphatic carbocycles. The van der Waals surface area contributed by atoms with Crippen molar-refractivity contribution >= 4 is 28.5 Å². The summed E-state index contributed by atoms with van der Waals surface area (Å²) in [5, 5.41) is 11.1. The maximum atomic E-state index is 12.0. The molecule has 1 amide bonds. The van der Waals surface area contributed by atoms with Crippen LogP contribution in [0.3, 0.4) is 0 Å². The number of nitrogens with zero attached hydrogens (tertiary/aromatic N) is 2. The van der Waals surface area contributed by atoms with Gasteiger partial charge < -0.3 is 0 Å². The van der Waals surface area contributed by atoms with E-state index in [2.05, 4.69) is 29.5 Å². The molecule has 1 saturated heterocycles. The van der Waals surface area contributed by atoms with Gasteiger partial charge in [-0.15, -0.1) is 0 Å². The summed E-state index contributed by atoms with van der Waals surface area (Å²) in [6.45, 7) is 2.27. The minimum Gasteiger partial charge on any atom is -0.284 e. The van der Waals surface area contributed by atoms with Crippen LogP contribution in [0.1, 0.15) is 30.3 Å². The van der Waals surface area contributed by atoms with Gasteiger partial charge in [-0.3, -0.25) is 14.9 Å². The Morgan fingerprint density at radius 3 is 2.59 bits per heavy atom. The summed E-state index contributed by atoms with van der Waals surface area (Å²) in [5.74, 6) is -0.272. The number of hydrogen-bond donors (Lipinski definition) is 1. The largest absolute Gasteiger partial charge is 0.284 e. The van der Waals surface area contributed by atoms with Crippen molar-refractivity contribution in [2.75, 3.05) is 6.54 Å². The third kappa shape index (κ3) is 2.88. The van der Waals surface area contributed by atoms with Gasteiger partial charge in [0, 0.05) is 9.61 Å². The maximum absolute atomic E-state index is 12.0. The highest BCUT2D eigenvalue weighted by molar-refractivity contribution is 14.1. The highest BCUT2D eigenvalue weighted by atomic mass is 127. The maximum Gasteiger partial charge on any atom is 0.262 e. The first-order valence-electron chi connectivity index (χ1n) is 7.15. The predicted octanol–water partition coefficient (Wildman–Crippen LogP) is 3.58. The van der Waals surface area contributed by atoms with Crippen molar-refractivity contribution in [3.05, 3.63) is 69.3 Å². The predicted molar refractivity (Wildman–Crippen MR) is 92.1 cm³/mol. The quantitative estimate of drug-likeness (QED) is 0.624. The van der Waals surface area contributed by atoms with E-state index in [9.17, 15) is 10.0 Å². The zero-order chi connectivity index (χ0) is 15.7. The van der Waals surface area contributed by atoms with Crippen LogP contribution in [0.5, 0.6) is 0 Å². The molecule has 0 radical (unpaired) electrons. The number of carbonyl (C=O) groups is 1. The second-order valence-corrected chi connectivity index (χ2v) is 6.67. The van der Waals surface area contributed by atoms with Crippen LogP contribution in [0.25, 0.3) is 0 Å². The summed E-state index contributed by atoms with van der Waals surface area (Å²) >= 11 is 2.24. The molecule has 1 aliphatic rings. The molecule has 1 heterocycles. The Morgan fingerprint density at radius 1 is 1.18 bits per heavy atom. The lowest BCUT2D eigenvalue weighted by molar-refractivity contribution is -0.171. The minimum absolute atomic E-state index is 0.0326. The Kier molecular flexibility index (Phi) is 4.46. The minimum atomic E-state index is -0.447. The van der Waals surface area contributed by atoms with E-state index in [0.717, 1.165) is 19.8 Å². The van der Waals surface area contributed by atoms with Crippen molar-refractivity contribution in [3.63, 3.8) is 0 Å². The molecule has 114 valence electrons. The zero-order valence-corrected chi connectivity index (χ0v) is 14.3. The van der Waals surface area contributed by atoms with E-state index in [1.54, 1.807) is 0 Å². The van der Waals surface area contributed by atoms with Gasteiger partial charge in [0.25, 0.3) is 5.91 Å². The fourth-order valence-corrected chi connectivity index (χ4v) is 3.43. The van der Waals surface area contributed by atoms with Crippen LogP contribution in [0.2, 0.25) is 0 Å². The van der Waals surface area contributed by atoms with Gasteiger partial charge in [0.15, 0.2) is 0 Å². The molecule has 22 heavy (non-hydrogen) atoms. The number of rotatable bonds is 3. The zero-order valence-electron chi connectivity index (χ0n) is 12.2. The molecule has 4 nitrogen and oxygen atoms in total. The molecule has 0 spiro atoms. The second-order valence-electron chi connectivity index (χ2n) is 5.43. The third-order valence-electron chi connectivity index (χ3n) is 4.05. The van der Waals surface area contributed by atoms with E-state index in [4.69, 9.17) is 0 Å². The van der Waals surface area contributed by atoms with Crippen molar-refractivity contribution in [1.29, 1.82) is 0 Å². The fourth-order valence-electron chi connectivity index (χ4n) is 2.86. The van der Waals surface area contributed by atoms with Gasteiger partial charge in [0.05, 0.1) is 6.54 Å². The molecular formula is C17H17IN2O2. The van der Waals surface area contributed by atoms with Crippen LogP contribution in [0.4, 0.5) is 0 Å². The first kappa shape index (κ1) is 15.5. The smallest absolute Gasteiger partial charge is 0.262 e. The topological polar surface area (TPSA) is 43.8 Å². The van der Waals surface area contributed by atoms with Gasteiger partial charge in [-0.1, -0.05) is 42.5 Å². The van der Waals surface area contributed by atoms with Gasteiger partial charge in [-0.2, -0.15) is 0 Å². The molecule has 0 bridgehead atoms. The Hall–Kier alpha value is -1.44. The molecule has 0 aromatic heterocycles. The molecule has 2 atom stereocenters. The van der Waals surface area contributed by atoms with Gasteiger partial charge in [-0.25, -0.2) is 5.06 Å². The first-order valence-corrected chi connectivity index (χ1v) is 8.23. The van der Waals surface area contributed by atoms with Gasteiger partial charge in [-0.05, 0) is 52.8 Å². The van der Waals surface area contributed by atoms with Crippen molar-refractivity contribution in [1.82, 2.24) is 9.96 Å². The van der Waals surface area contributed by atoms with Crippen LogP contribution >= 0.6 is 22.6 Å². The highest BCUT2D eigenvalue weighted by Gasteiger charge is 2.41. The summed E-state index contributed by atoms with van der Waals surface area (Å²) in [7, 11) is 0. The molecule has 5 heteroatoms. The molecule has 2 aromatic rings. The monoisotopic (exact) mass is 408 g/mol. The number of amides is 1. The summed E-state index contributed by atoms with van der Waals surface area (Å²) in [6, 6.07) is 17.9. The standard InChI is InChI=1S/C17H17IN2O2/c1-12(13-6-3-2-4-7-13)19-11-16(21)20(22)17(19)14-8-5-9-15(18)10-14/h2-10,12,17,22H,11H2,1H3/t12-,17?/m0/s1. The summed E-state index contributed by atoms with van der Waals surface area (Å²) in [4.78, 5) is 14.0. The molecule has 1 unspecified atom stereocenters. The van der Waals surface area contributed by atoms with Crippen LogP contribution in [0.15, 0.2) is 54.6 Å². The van der Waals surface area contributed by atoms with Gasteiger partial charge in [0.2, 0.25) is 0 Å². The van der Waals surface area contributed by atoms with Crippen molar-refractivity contribution in [2.45, 2.75) is 19.1 Å². The average Bonchev–Trinajstić information content (AvgIpc) is 2.83. The Morgan fingerprint density at radius 2 is 1.91 bits per heavy atom. The number of halogens is 1. The van der Waals surface area contributed by atoms with Crippen molar-refractivity contribution < 1.29 is 10.0 Å². The fraction of sp³-hybridized carbons (Fsp3) is 0.235. The number of hydrogen-bond acceptors (Lipinski definition) is 3. The summed E-state index contributed by atoms with van der Waals surface area (Å²) in [5.41, 5.74) is 2.05. The van der Waals surface area contributed by atoms with Crippen LogP contribution in [-0.4, -0.2) is 27.6 Å². The van der Waals surface area contributed by atoms with Crippen molar-refractivity contribution in [3.8, 4) is 0 Å². The van der Waals surface area contributed by atoms with E-state index in [1.165, 1.54) is 0 Å². The van der Waals surface area contributed by atoms with E-state index in [1.807, 2.05) is 59.5 Å². The second kappa shape index (κ2) is 6.36. The Labute approximate surface area is 143 Å². The van der Waals surface area contributed by atoms with E-state index in [-0.39, 0.29) is 18.5 Å². The molecule has 1 aliphatic heterocycles. The third-order valence-corrected chi connectivity index (χ3v) is 4.72. The van der Waals surface area contributed by atoms with Crippen LogP contribution in [0, 0.1) is 3.57 Å². The lowest BCUT2D eigenvalue weighted by Crippen LogP contribution is -2.31. The molecule has 0 saturated carbocycles. The lowest BCUT2D eigenvalue weighted by Gasteiger charge is -2.31. The Bertz CT molecular complexity index is 677. The number of carbonyl (C=O) groups excluding carboxylic acids is 1. The summed E-state index contributed by atoms with van der Waals surface area (Å²) < 4.78 is 1.08. The lowest BCUT2D eigenvalue weighted by atomic mass is 10.1. The van der Waals surface area contributed by atoms with E-state index in [0.29, 0.717) is 0 Å². The van der Waals surface area contributed by atoms with E-state index >= 15 is 0 Å². The molecule has 1 N–H and O–H groups in total. The van der Waals surface area contributed by atoms with Crippen molar-refractivity contribution in [2.24, 2.45) is 0 Å². The molecule has 3 rings (SSSR count). The first-order chi connectivity index (χ1) is 10.6. The summed E-state index contributed by atoms with van der Waals surface area (Å²) in [6.07, 6.45) is -0.447. The average molecular weight is 408 g/mol. The molecule has 2 aromatic carbocycles. The molecule has 1 fully saturated rings. The number of hydroxylamine groups is 2. The molecular weight excluding hydrogens is 391 g/mol. The van der Waals surface area contributed by atoms with E-state index < -0.39 is 6.17 Å². The Balaban J connectivity index is 1.97. The normalized spacial score (nSPS) is 20.4. The van der Waals surface area contributed by atoms with Gasteiger partial charge >= 0.3 is 0 Å². The van der Waals surface area contributed by atoms with Crippen LogP contribution < -0.4 is 0 Å². The number of benzene rings is 2. The SMILES string of the molecule is C[C@@H](c1ccccc1)N1CC(=O)N(O)C1c1cccc(I)c1.